The average Bonchev–Trinajstić information content (AvgIpc) is 3.38. The molecule has 0 spiro atoms. The first-order chi connectivity index (χ1) is 31.7. The van der Waals surface area contributed by atoms with Crippen molar-refractivity contribution in [2.24, 2.45) is 0 Å². The number of benzene rings is 11. The van der Waals surface area contributed by atoms with E-state index < -0.39 is 0 Å². The summed E-state index contributed by atoms with van der Waals surface area (Å²) in [6.07, 6.45) is 0. The van der Waals surface area contributed by atoms with Crippen molar-refractivity contribution in [1.29, 1.82) is 0 Å². The molecule has 0 aliphatic carbocycles. The number of hydrogen-bond donors (Lipinski definition) is 0. The summed E-state index contributed by atoms with van der Waals surface area (Å²) >= 11 is 0. The third-order valence-electron chi connectivity index (χ3n) is 12.7. The van der Waals surface area contributed by atoms with Crippen LogP contribution in [-0.2, 0) is 0 Å². The zero-order valence-electron chi connectivity index (χ0n) is 35.0. The predicted octanol–water partition coefficient (Wildman–Crippen LogP) is 16.8. The molecule has 0 fully saturated rings. The highest BCUT2D eigenvalue weighted by Gasteiger charge is 2.20. The van der Waals surface area contributed by atoms with Crippen LogP contribution in [0.3, 0.4) is 0 Å². The lowest BCUT2D eigenvalue weighted by molar-refractivity contribution is 1.18. The second kappa shape index (κ2) is 15.8. The molecule has 0 bridgehead atoms. The molecule has 0 N–H and O–H groups in total. The maximum Gasteiger partial charge on any atom is 0.160 e. The van der Waals surface area contributed by atoms with Crippen molar-refractivity contribution in [3.8, 4) is 78.4 Å². The summed E-state index contributed by atoms with van der Waals surface area (Å²) in [6.45, 7) is 0. The van der Waals surface area contributed by atoms with E-state index >= 15 is 0 Å². The molecule has 12 aromatic rings. The van der Waals surface area contributed by atoms with Crippen LogP contribution >= 0.6 is 0 Å². The Hall–Kier alpha value is -8.46. The molecule has 0 unspecified atom stereocenters. The van der Waals surface area contributed by atoms with Gasteiger partial charge in [-0.1, -0.05) is 231 Å². The predicted molar refractivity (Wildman–Crippen MR) is 270 cm³/mol. The minimum absolute atomic E-state index is 0.701. The molecular formula is C62H40N2. The fourth-order valence-electron chi connectivity index (χ4n) is 9.69. The van der Waals surface area contributed by atoms with E-state index in [9.17, 15) is 0 Å². The summed E-state index contributed by atoms with van der Waals surface area (Å²) in [5.41, 5.74) is 14.5. The fraction of sp³-hybridized carbons (Fsp3) is 0. The largest absolute Gasteiger partial charge is 0.228 e. The molecule has 0 saturated carbocycles. The molecule has 1 heterocycles. The number of nitrogens with zero attached hydrogens (tertiary/aromatic N) is 2. The minimum Gasteiger partial charge on any atom is -0.228 e. The van der Waals surface area contributed by atoms with E-state index in [-0.39, 0.29) is 0 Å². The highest BCUT2D eigenvalue weighted by atomic mass is 14.9. The maximum atomic E-state index is 5.26. The molecule has 2 heteroatoms. The Morgan fingerprint density at radius 3 is 1.45 bits per heavy atom. The monoisotopic (exact) mass is 812 g/mol. The molecule has 2 nitrogen and oxygen atoms in total. The molecule has 64 heavy (non-hydrogen) atoms. The summed E-state index contributed by atoms with van der Waals surface area (Å²) in [4.78, 5) is 10.4. The van der Waals surface area contributed by atoms with Gasteiger partial charge in [-0.15, -0.1) is 0 Å². The third-order valence-corrected chi connectivity index (χ3v) is 12.7. The van der Waals surface area contributed by atoms with Crippen LogP contribution < -0.4 is 0 Å². The molecule has 0 atom stereocenters. The zero-order valence-corrected chi connectivity index (χ0v) is 35.0. The normalized spacial score (nSPS) is 11.4. The standard InChI is InChI=1S/C62H40N2/c1-4-17-41(18-5-1)47-24-16-25-48(39-47)57-40-58(64-62(63-57)46-22-8-3-9-23-46)53-38-37-49(51-27-12-13-28-52(51)53)43-31-33-45(34-32-43)59-54-29-14-15-30-55(54)60(44-20-6-2-7-21-44)61-50-26-11-10-19-42(50)35-36-56(59)61/h1-40H. The SMILES string of the molecule is c1ccc(-c2cccc(-c3cc(-c4ccc(-c5ccc(-c6c7ccccc7c(-c7ccccc7)c7c6ccc6ccccc67)cc5)c5ccccc45)nc(-c4ccccc4)n3)c2)cc1. The van der Waals surface area contributed by atoms with Crippen LogP contribution in [0.5, 0.6) is 0 Å². The molecule has 0 amide bonds. The molecule has 11 aromatic carbocycles. The fourth-order valence-corrected chi connectivity index (χ4v) is 9.69. The van der Waals surface area contributed by atoms with Gasteiger partial charge in [0.25, 0.3) is 0 Å². The van der Waals surface area contributed by atoms with Gasteiger partial charge in [0, 0.05) is 16.7 Å². The Balaban J connectivity index is 0.994. The molecule has 0 aliphatic heterocycles. The minimum atomic E-state index is 0.701. The van der Waals surface area contributed by atoms with Crippen LogP contribution in [0.4, 0.5) is 0 Å². The Kier molecular flexibility index (Phi) is 9.20. The van der Waals surface area contributed by atoms with Crippen LogP contribution in [0.15, 0.2) is 243 Å². The molecule has 0 saturated heterocycles. The van der Waals surface area contributed by atoms with Crippen LogP contribution in [0.1, 0.15) is 0 Å². The quantitative estimate of drug-likeness (QED) is 0.118. The van der Waals surface area contributed by atoms with Gasteiger partial charge < -0.3 is 0 Å². The first-order valence-corrected chi connectivity index (χ1v) is 21.9. The first-order valence-electron chi connectivity index (χ1n) is 21.9. The van der Waals surface area contributed by atoms with Gasteiger partial charge in [-0.05, 0) is 99.7 Å². The molecule has 298 valence electrons. The lowest BCUT2D eigenvalue weighted by Crippen LogP contribution is -1.97. The highest BCUT2D eigenvalue weighted by molar-refractivity contribution is 6.28. The summed E-state index contributed by atoms with van der Waals surface area (Å²) < 4.78 is 0. The number of aromatic nitrogens is 2. The topological polar surface area (TPSA) is 25.8 Å². The van der Waals surface area contributed by atoms with E-state index in [1.807, 2.05) is 18.2 Å². The van der Waals surface area contributed by atoms with E-state index in [1.165, 1.54) is 71.1 Å². The van der Waals surface area contributed by atoms with Gasteiger partial charge in [0.15, 0.2) is 5.82 Å². The summed E-state index contributed by atoms with van der Waals surface area (Å²) in [7, 11) is 0. The van der Waals surface area contributed by atoms with Crippen LogP contribution in [-0.4, -0.2) is 9.97 Å². The number of fused-ring (bicyclic) bond motifs is 5. The highest BCUT2D eigenvalue weighted by Crippen LogP contribution is 2.47. The van der Waals surface area contributed by atoms with Gasteiger partial charge in [-0.25, -0.2) is 9.97 Å². The molecule has 1 aromatic heterocycles. The Bertz CT molecular complexity index is 3690. The third kappa shape index (κ3) is 6.52. The average molecular weight is 813 g/mol. The first kappa shape index (κ1) is 37.3. The molecule has 0 aliphatic rings. The number of hydrogen-bond acceptors (Lipinski definition) is 2. The van der Waals surface area contributed by atoms with Gasteiger partial charge in [0.2, 0.25) is 0 Å². The summed E-state index contributed by atoms with van der Waals surface area (Å²) in [5, 5.41) is 9.87. The van der Waals surface area contributed by atoms with Crippen molar-refractivity contribution in [2.75, 3.05) is 0 Å². The lowest BCUT2D eigenvalue weighted by Gasteiger charge is -2.19. The molecule has 0 radical (unpaired) electrons. The second-order valence-electron chi connectivity index (χ2n) is 16.4. The van der Waals surface area contributed by atoms with Crippen LogP contribution in [0.2, 0.25) is 0 Å². The second-order valence-corrected chi connectivity index (χ2v) is 16.4. The van der Waals surface area contributed by atoms with Crippen LogP contribution in [0, 0.1) is 0 Å². The summed E-state index contributed by atoms with van der Waals surface area (Å²) in [6, 6.07) is 87.2. The van der Waals surface area contributed by atoms with Crippen molar-refractivity contribution in [2.45, 2.75) is 0 Å². The molecule has 12 rings (SSSR count). The molecular weight excluding hydrogens is 773 g/mol. The maximum absolute atomic E-state index is 5.26. The summed E-state index contributed by atoms with van der Waals surface area (Å²) in [5.74, 6) is 0.701. The van der Waals surface area contributed by atoms with Gasteiger partial charge in [0.05, 0.1) is 11.4 Å². The van der Waals surface area contributed by atoms with E-state index in [2.05, 4.69) is 224 Å². The van der Waals surface area contributed by atoms with Crippen molar-refractivity contribution in [1.82, 2.24) is 9.97 Å². The van der Waals surface area contributed by atoms with E-state index in [0.717, 1.165) is 44.6 Å². The zero-order chi connectivity index (χ0) is 42.4. The number of rotatable bonds is 7. The van der Waals surface area contributed by atoms with Crippen molar-refractivity contribution in [3.05, 3.63) is 243 Å². The van der Waals surface area contributed by atoms with Crippen molar-refractivity contribution < 1.29 is 0 Å². The van der Waals surface area contributed by atoms with Gasteiger partial charge in [0.1, 0.15) is 0 Å². The smallest absolute Gasteiger partial charge is 0.160 e. The van der Waals surface area contributed by atoms with E-state index in [1.54, 1.807) is 0 Å². The van der Waals surface area contributed by atoms with Crippen LogP contribution in [0.25, 0.3) is 122 Å². The van der Waals surface area contributed by atoms with Gasteiger partial charge in [-0.3, -0.25) is 0 Å². The lowest BCUT2D eigenvalue weighted by atomic mass is 9.83. The Morgan fingerprint density at radius 1 is 0.234 bits per heavy atom. The van der Waals surface area contributed by atoms with E-state index in [4.69, 9.17) is 9.97 Å². The Morgan fingerprint density at radius 2 is 0.734 bits per heavy atom. The van der Waals surface area contributed by atoms with E-state index in [0.29, 0.717) is 5.82 Å². The van der Waals surface area contributed by atoms with Gasteiger partial charge >= 0.3 is 0 Å². The Labute approximate surface area is 372 Å². The van der Waals surface area contributed by atoms with Crippen molar-refractivity contribution in [3.63, 3.8) is 0 Å². The van der Waals surface area contributed by atoms with Gasteiger partial charge in [-0.2, -0.15) is 0 Å². The van der Waals surface area contributed by atoms with Crippen molar-refractivity contribution >= 4 is 43.1 Å².